The Bertz CT molecular complexity index is 517. The molecule has 1 N–H and O–H groups in total. The molecule has 0 bridgehead atoms. The number of benzene rings is 1. The molecular formula is C18H27NO4. The van der Waals surface area contributed by atoms with Crippen LogP contribution in [0.15, 0.2) is 24.3 Å². The lowest BCUT2D eigenvalue weighted by Gasteiger charge is -2.29. The van der Waals surface area contributed by atoms with Crippen molar-refractivity contribution in [3.8, 4) is 5.75 Å². The molecule has 1 aromatic carbocycles. The minimum absolute atomic E-state index is 0.00997. The summed E-state index contributed by atoms with van der Waals surface area (Å²) in [6.45, 7) is 9.24. The van der Waals surface area contributed by atoms with E-state index < -0.39 is 23.5 Å². The number of anilines is 1. The van der Waals surface area contributed by atoms with Gasteiger partial charge in [-0.1, -0.05) is 13.8 Å². The lowest BCUT2D eigenvalue weighted by Crippen LogP contribution is -2.44. The van der Waals surface area contributed by atoms with Crippen LogP contribution in [0.5, 0.6) is 5.75 Å². The van der Waals surface area contributed by atoms with Crippen molar-refractivity contribution in [3.05, 3.63) is 24.3 Å². The van der Waals surface area contributed by atoms with Gasteiger partial charge in [0.25, 0.3) is 0 Å². The minimum Gasteiger partial charge on any atom is -0.497 e. The van der Waals surface area contributed by atoms with Crippen LogP contribution in [-0.4, -0.2) is 31.0 Å². The fourth-order valence-corrected chi connectivity index (χ4v) is 2.16. The number of nitrogens with one attached hydrogen (secondary N) is 1. The third-order valence-corrected chi connectivity index (χ3v) is 3.38. The van der Waals surface area contributed by atoms with Crippen molar-refractivity contribution >= 4 is 17.9 Å². The first kappa shape index (κ1) is 19.0. The molecule has 0 aliphatic carbocycles. The number of rotatable bonds is 7. The Morgan fingerprint density at radius 2 is 1.74 bits per heavy atom. The molecule has 0 saturated heterocycles. The SMILES string of the molecule is COc1ccc(N[C@H](C(=O)OC(C)(C)C)[C@H](C=O)C(C)C)cc1. The lowest BCUT2D eigenvalue weighted by molar-refractivity contribution is -0.158. The first-order valence-corrected chi connectivity index (χ1v) is 7.76. The summed E-state index contributed by atoms with van der Waals surface area (Å²) in [5.74, 6) is -0.179. The van der Waals surface area contributed by atoms with Gasteiger partial charge in [0, 0.05) is 11.6 Å². The van der Waals surface area contributed by atoms with Gasteiger partial charge in [-0.25, -0.2) is 4.79 Å². The monoisotopic (exact) mass is 321 g/mol. The second-order valence-electron chi connectivity index (χ2n) is 6.84. The maximum atomic E-state index is 12.5. The molecular weight excluding hydrogens is 294 g/mol. The zero-order valence-electron chi connectivity index (χ0n) is 14.8. The van der Waals surface area contributed by atoms with E-state index in [1.54, 1.807) is 52.1 Å². The predicted molar refractivity (Wildman–Crippen MR) is 90.6 cm³/mol. The Morgan fingerprint density at radius 3 is 2.13 bits per heavy atom. The maximum absolute atomic E-state index is 12.5. The molecule has 0 aliphatic rings. The smallest absolute Gasteiger partial charge is 0.329 e. The van der Waals surface area contributed by atoms with Gasteiger partial charge in [-0.3, -0.25) is 0 Å². The lowest BCUT2D eigenvalue weighted by atomic mass is 9.89. The Balaban J connectivity index is 3.02. The van der Waals surface area contributed by atoms with Crippen LogP contribution in [0.3, 0.4) is 0 Å². The summed E-state index contributed by atoms with van der Waals surface area (Å²) >= 11 is 0. The zero-order valence-corrected chi connectivity index (χ0v) is 14.8. The van der Waals surface area contributed by atoms with E-state index in [9.17, 15) is 9.59 Å². The van der Waals surface area contributed by atoms with Crippen LogP contribution in [0.4, 0.5) is 5.69 Å². The zero-order chi connectivity index (χ0) is 17.6. The van der Waals surface area contributed by atoms with E-state index in [-0.39, 0.29) is 5.92 Å². The predicted octanol–water partition coefficient (Wildman–Crippen LogP) is 3.29. The molecule has 0 saturated carbocycles. The van der Waals surface area contributed by atoms with E-state index in [2.05, 4.69) is 5.32 Å². The number of carbonyl (C=O) groups is 2. The van der Waals surface area contributed by atoms with Gasteiger partial charge in [-0.2, -0.15) is 0 Å². The average Bonchev–Trinajstić information content (AvgIpc) is 2.45. The molecule has 0 radical (unpaired) electrons. The van der Waals surface area contributed by atoms with Gasteiger partial charge in [0.15, 0.2) is 0 Å². The summed E-state index contributed by atoms with van der Waals surface area (Å²) in [5.41, 5.74) is 0.121. The van der Waals surface area contributed by atoms with Crippen LogP contribution in [0.25, 0.3) is 0 Å². The maximum Gasteiger partial charge on any atom is 0.329 e. The van der Waals surface area contributed by atoms with Gasteiger partial charge < -0.3 is 19.6 Å². The molecule has 5 nitrogen and oxygen atoms in total. The summed E-state index contributed by atoms with van der Waals surface area (Å²) < 4.78 is 10.6. The van der Waals surface area contributed by atoms with Crippen molar-refractivity contribution in [1.82, 2.24) is 0 Å². The fraction of sp³-hybridized carbons (Fsp3) is 0.556. The van der Waals surface area contributed by atoms with Crippen molar-refractivity contribution in [1.29, 1.82) is 0 Å². The van der Waals surface area contributed by atoms with E-state index in [0.717, 1.165) is 17.7 Å². The second-order valence-corrected chi connectivity index (χ2v) is 6.84. The summed E-state index contributed by atoms with van der Waals surface area (Å²) in [7, 11) is 1.59. The number of hydrogen-bond acceptors (Lipinski definition) is 5. The van der Waals surface area contributed by atoms with E-state index in [1.807, 2.05) is 13.8 Å². The number of ether oxygens (including phenoxy) is 2. The van der Waals surface area contributed by atoms with E-state index in [1.165, 1.54) is 0 Å². The molecule has 1 rings (SSSR count). The average molecular weight is 321 g/mol. The van der Waals surface area contributed by atoms with Gasteiger partial charge in [0.2, 0.25) is 0 Å². The van der Waals surface area contributed by atoms with Gasteiger partial charge >= 0.3 is 5.97 Å². The summed E-state index contributed by atoms with van der Waals surface area (Å²) in [6.07, 6.45) is 0.815. The highest BCUT2D eigenvalue weighted by Gasteiger charge is 2.34. The van der Waals surface area contributed by atoms with Crippen LogP contribution in [-0.2, 0) is 14.3 Å². The largest absolute Gasteiger partial charge is 0.497 e. The molecule has 5 heteroatoms. The number of aldehydes is 1. The quantitative estimate of drug-likeness (QED) is 0.617. The molecule has 2 atom stereocenters. The van der Waals surface area contributed by atoms with Crippen molar-refractivity contribution in [3.63, 3.8) is 0 Å². The van der Waals surface area contributed by atoms with Gasteiger partial charge in [-0.05, 0) is 51.0 Å². The van der Waals surface area contributed by atoms with Crippen LogP contribution in [0.1, 0.15) is 34.6 Å². The number of methoxy groups -OCH3 is 1. The third kappa shape index (κ3) is 5.93. The van der Waals surface area contributed by atoms with Gasteiger partial charge in [0.1, 0.15) is 23.7 Å². The van der Waals surface area contributed by atoms with E-state index in [4.69, 9.17) is 9.47 Å². The highest BCUT2D eigenvalue weighted by molar-refractivity contribution is 5.83. The Kier molecular flexibility index (Phi) is 6.61. The molecule has 128 valence electrons. The Morgan fingerprint density at radius 1 is 1.17 bits per heavy atom. The van der Waals surface area contributed by atoms with Crippen molar-refractivity contribution < 1.29 is 19.1 Å². The first-order valence-electron chi connectivity index (χ1n) is 7.76. The van der Waals surface area contributed by atoms with Crippen molar-refractivity contribution in [2.45, 2.75) is 46.3 Å². The standard InChI is InChI=1S/C18H27NO4/c1-12(2)15(11-20)16(17(21)23-18(3,4)5)19-13-7-9-14(22-6)10-8-13/h7-12,15-16,19H,1-6H3/t15-,16+/m1/s1. The highest BCUT2D eigenvalue weighted by Crippen LogP contribution is 2.23. The first-order chi connectivity index (χ1) is 10.7. The van der Waals surface area contributed by atoms with Crippen LogP contribution >= 0.6 is 0 Å². The minimum atomic E-state index is -0.736. The molecule has 0 heterocycles. The van der Waals surface area contributed by atoms with E-state index in [0.29, 0.717) is 0 Å². The van der Waals surface area contributed by atoms with Gasteiger partial charge in [0.05, 0.1) is 7.11 Å². The number of hydrogen-bond donors (Lipinski definition) is 1. The van der Waals surface area contributed by atoms with Crippen molar-refractivity contribution in [2.24, 2.45) is 11.8 Å². The Labute approximate surface area is 138 Å². The molecule has 23 heavy (non-hydrogen) atoms. The fourth-order valence-electron chi connectivity index (χ4n) is 2.16. The van der Waals surface area contributed by atoms with Crippen LogP contribution in [0, 0.1) is 11.8 Å². The van der Waals surface area contributed by atoms with Gasteiger partial charge in [-0.15, -0.1) is 0 Å². The molecule has 1 aromatic rings. The highest BCUT2D eigenvalue weighted by atomic mass is 16.6. The summed E-state index contributed by atoms with van der Waals surface area (Å²) in [6, 6.07) is 6.45. The van der Waals surface area contributed by atoms with Crippen LogP contribution < -0.4 is 10.1 Å². The molecule has 0 spiro atoms. The normalized spacial score (nSPS) is 14.0. The molecule has 0 amide bonds. The molecule has 0 fully saturated rings. The number of carbonyl (C=O) groups excluding carboxylic acids is 2. The second kappa shape index (κ2) is 7.99. The summed E-state index contributed by atoms with van der Waals surface area (Å²) in [5, 5.41) is 3.12. The summed E-state index contributed by atoms with van der Waals surface area (Å²) in [4.78, 5) is 24.0. The number of esters is 1. The Hall–Kier alpha value is -2.04. The van der Waals surface area contributed by atoms with Crippen LogP contribution in [0.2, 0.25) is 0 Å². The topological polar surface area (TPSA) is 64.6 Å². The molecule has 0 aromatic heterocycles. The third-order valence-electron chi connectivity index (χ3n) is 3.38. The molecule has 0 unspecified atom stereocenters. The molecule has 0 aliphatic heterocycles. The van der Waals surface area contributed by atoms with Crippen molar-refractivity contribution in [2.75, 3.05) is 12.4 Å². The van der Waals surface area contributed by atoms with E-state index >= 15 is 0 Å².